The summed E-state index contributed by atoms with van der Waals surface area (Å²) in [5.74, 6) is 0. The molecule has 11 aromatic carbocycles. The molecule has 12 rings (SSSR count). The van der Waals surface area contributed by atoms with Gasteiger partial charge in [0, 0.05) is 16.2 Å². The minimum Gasteiger partial charge on any atom is -0.455 e. The van der Waals surface area contributed by atoms with Gasteiger partial charge < -0.3 is 4.42 Å². The zero-order valence-electron chi connectivity index (χ0n) is 26.4. The van der Waals surface area contributed by atoms with Crippen molar-refractivity contribution in [3.05, 3.63) is 158 Å². The summed E-state index contributed by atoms with van der Waals surface area (Å²) in [5, 5.41) is 20.2. The number of hydrogen-bond donors (Lipinski definition) is 0. The quantitative estimate of drug-likeness (QED) is 0.176. The van der Waals surface area contributed by atoms with Crippen molar-refractivity contribution < 1.29 is 4.42 Å². The molecule has 0 amide bonds. The van der Waals surface area contributed by atoms with Crippen LogP contribution >= 0.6 is 0 Å². The van der Waals surface area contributed by atoms with E-state index in [1.54, 1.807) is 0 Å². The maximum Gasteiger partial charge on any atom is 0.143 e. The second kappa shape index (κ2) is 9.13. The number of furan rings is 1. The minimum atomic E-state index is 0.916. The predicted molar refractivity (Wildman–Crippen MR) is 210 cm³/mol. The maximum absolute atomic E-state index is 6.71. The molecule has 0 radical (unpaired) electrons. The molecular formula is C48H26O. The van der Waals surface area contributed by atoms with Crippen LogP contribution in [0.4, 0.5) is 0 Å². The number of benzene rings is 11. The van der Waals surface area contributed by atoms with Crippen LogP contribution in [0.1, 0.15) is 0 Å². The second-order valence-electron chi connectivity index (χ2n) is 13.6. The van der Waals surface area contributed by atoms with E-state index >= 15 is 0 Å². The topological polar surface area (TPSA) is 13.1 Å². The molecule has 12 aromatic rings. The summed E-state index contributed by atoms with van der Waals surface area (Å²) in [4.78, 5) is 0. The molecule has 0 fully saturated rings. The van der Waals surface area contributed by atoms with Gasteiger partial charge in [0.15, 0.2) is 0 Å². The first kappa shape index (κ1) is 25.6. The molecule has 49 heavy (non-hydrogen) atoms. The second-order valence-corrected chi connectivity index (χ2v) is 13.6. The van der Waals surface area contributed by atoms with Crippen LogP contribution in [0.25, 0.3) is 120 Å². The Kier molecular flexibility index (Phi) is 4.77. The van der Waals surface area contributed by atoms with E-state index in [9.17, 15) is 0 Å². The fourth-order valence-corrected chi connectivity index (χ4v) is 8.95. The summed E-state index contributed by atoms with van der Waals surface area (Å²) in [6.07, 6.45) is 0. The summed E-state index contributed by atoms with van der Waals surface area (Å²) in [5.41, 5.74) is 6.77. The molecule has 0 aliphatic carbocycles. The number of fused-ring (bicyclic) bond motifs is 5. The first-order valence-corrected chi connectivity index (χ1v) is 17.0. The Morgan fingerprint density at radius 1 is 0.286 bits per heavy atom. The summed E-state index contributed by atoms with van der Waals surface area (Å²) < 4.78 is 6.71. The highest BCUT2D eigenvalue weighted by atomic mass is 16.3. The summed E-state index contributed by atoms with van der Waals surface area (Å²) in [7, 11) is 0. The van der Waals surface area contributed by atoms with Crippen molar-refractivity contribution in [2.24, 2.45) is 0 Å². The molecular weight excluding hydrogens is 593 g/mol. The molecule has 224 valence electrons. The molecule has 0 unspecified atom stereocenters. The molecule has 0 aliphatic rings. The zero-order valence-corrected chi connectivity index (χ0v) is 26.4. The molecule has 0 aliphatic heterocycles. The van der Waals surface area contributed by atoms with Gasteiger partial charge in [0.1, 0.15) is 11.2 Å². The first-order chi connectivity index (χ1) is 24.3. The Bertz CT molecular complexity index is 3290. The van der Waals surface area contributed by atoms with Crippen molar-refractivity contribution >= 4 is 97.3 Å². The third kappa shape index (κ3) is 3.34. The third-order valence-electron chi connectivity index (χ3n) is 11.1. The van der Waals surface area contributed by atoms with Gasteiger partial charge in [-0.15, -0.1) is 0 Å². The van der Waals surface area contributed by atoms with Gasteiger partial charge >= 0.3 is 0 Å². The van der Waals surface area contributed by atoms with Crippen molar-refractivity contribution in [2.75, 3.05) is 0 Å². The molecule has 1 aromatic heterocycles. The van der Waals surface area contributed by atoms with Gasteiger partial charge in [0.05, 0.1) is 0 Å². The lowest BCUT2D eigenvalue weighted by Crippen LogP contribution is -1.90. The fourth-order valence-electron chi connectivity index (χ4n) is 8.95. The molecule has 0 atom stereocenters. The SMILES string of the molecule is c1cc2ccc3ccc(-c4ccc5c(-c6ccc7ccc8cccc9ccc6c7c89)cc6c7ccccc7oc6c5c4)c4ccc(c1)c2c34. The van der Waals surface area contributed by atoms with E-state index in [2.05, 4.69) is 158 Å². The standard InChI is InChI=1S/C48H26O/c1-2-10-43-37(9-1)42-26-40(35-21-16-32-14-12-28-6-4-8-30-18-24-39(35)47(32)45(28)30)36-22-19-33(25-41(36)48(42)49-43)34-20-15-31-13-11-27-5-3-7-29-17-23-38(34)46(31)44(27)29/h1-26H. The van der Waals surface area contributed by atoms with Crippen LogP contribution in [0.2, 0.25) is 0 Å². The lowest BCUT2D eigenvalue weighted by molar-refractivity contribution is 0.672. The summed E-state index contributed by atoms with van der Waals surface area (Å²) >= 11 is 0. The van der Waals surface area contributed by atoms with Gasteiger partial charge in [-0.25, -0.2) is 0 Å². The van der Waals surface area contributed by atoms with Crippen molar-refractivity contribution in [1.82, 2.24) is 0 Å². The smallest absolute Gasteiger partial charge is 0.143 e. The van der Waals surface area contributed by atoms with Crippen molar-refractivity contribution in [3.8, 4) is 22.3 Å². The maximum atomic E-state index is 6.71. The molecule has 0 saturated carbocycles. The van der Waals surface area contributed by atoms with Gasteiger partial charge in [0.25, 0.3) is 0 Å². The van der Waals surface area contributed by atoms with E-state index in [4.69, 9.17) is 4.42 Å². The molecule has 1 heteroatoms. The monoisotopic (exact) mass is 618 g/mol. The minimum absolute atomic E-state index is 0.916. The fraction of sp³-hybridized carbons (Fsp3) is 0. The van der Waals surface area contributed by atoms with Gasteiger partial charge in [0.2, 0.25) is 0 Å². The molecule has 0 N–H and O–H groups in total. The van der Waals surface area contributed by atoms with E-state index in [-0.39, 0.29) is 0 Å². The lowest BCUT2D eigenvalue weighted by atomic mass is 9.86. The van der Waals surface area contributed by atoms with Gasteiger partial charge in [-0.05, 0) is 110 Å². The highest BCUT2D eigenvalue weighted by Crippen LogP contribution is 2.46. The van der Waals surface area contributed by atoms with Crippen LogP contribution in [0.5, 0.6) is 0 Å². The van der Waals surface area contributed by atoms with Crippen LogP contribution < -0.4 is 0 Å². The van der Waals surface area contributed by atoms with E-state index in [0.717, 1.165) is 27.3 Å². The Balaban J connectivity index is 1.19. The normalized spacial score (nSPS) is 12.5. The Hall–Kier alpha value is -6.44. The number of para-hydroxylation sites is 1. The van der Waals surface area contributed by atoms with Crippen LogP contribution in [0.3, 0.4) is 0 Å². The van der Waals surface area contributed by atoms with Crippen molar-refractivity contribution in [1.29, 1.82) is 0 Å². The van der Waals surface area contributed by atoms with Gasteiger partial charge in [-0.1, -0.05) is 140 Å². The Morgan fingerprint density at radius 3 is 1.47 bits per heavy atom. The Labute approximate surface area is 280 Å². The molecule has 0 bridgehead atoms. The molecule has 1 nitrogen and oxygen atoms in total. The van der Waals surface area contributed by atoms with Crippen LogP contribution in [-0.4, -0.2) is 0 Å². The zero-order chi connectivity index (χ0) is 31.8. The number of rotatable bonds is 2. The van der Waals surface area contributed by atoms with Gasteiger partial charge in [-0.3, -0.25) is 0 Å². The Morgan fingerprint density at radius 2 is 0.796 bits per heavy atom. The van der Waals surface area contributed by atoms with E-state index < -0.39 is 0 Å². The van der Waals surface area contributed by atoms with E-state index in [1.807, 2.05) is 0 Å². The molecule has 0 saturated heterocycles. The number of hydrogen-bond acceptors (Lipinski definition) is 1. The highest BCUT2D eigenvalue weighted by molar-refractivity contribution is 6.29. The van der Waals surface area contributed by atoms with Crippen LogP contribution in [-0.2, 0) is 0 Å². The third-order valence-corrected chi connectivity index (χ3v) is 11.1. The largest absolute Gasteiger partial charge is 0.455 e. The van der Waals surface area contributed by atoms with Gasteiger partial charge in [-0.2, -0.15) is 0 Å². The van der Waals surface area contributed by atoms with Crippen LogP contribution in [0.15, 0.2) is 162 Å². The predicted octanol–water partition coefficient (Wildman–Crippen LogP) is 13.9. The van der Waals surface area contributed by atoms with E-state index in [1.165, 1.54) is 92.3 Å². The van der Waals surface area contributed by atoms with E-state index in [0.29, 0.717) is 0 Å². The van der Waals surface area contributed by atoms with Crippen molar-refractivity contribution in [2.45, 2.75) is 0 Å². The van der Waals surface area contributed by atoms with Crippen molar-refractivity contribution in [3.63, 3.8) is 0 Å². The first-order valence-electron chi connectivity index (χ1n) is 17.0. The average molecular weight is 619 g/mol. The molecule has 0 spiro atoms. The van der Waals surface area contributed by atoms with Crippen LogP contribution in [0, 0.1) is 0 Å². The summed E-state index contributed by atoms with van der Waals surface area (Å²) in [6.45, 7) is 0. The molecule has 1 heterocycles. The lowest BCUT2D eigenvalue weighted by Gasteiger charge is -2.17. The average Bonchev–Trinajstić information content (AvgIpc) is 3.54. The highest BCUT2D eigenvalue weighted by Gasteiger charge is 2.20. The summed E-state index contributed by atoms with van der Waals surface area (Å²) in [6, 6.07) is 58.4.